The van der Waals surface area contributed by atoms with E-state index in [0.29, 0.717) is 11.7 Å². The Labute approximate surface area is 166 Å². The third-order valence-electron chi connectivity index (χ3n) is 4.89. The van der Waals surface area contributed by atoms with Gasteiger partial charge in [0.05, 0.1) is 13.2 Å². The van der Waals surface area contributed by atoms with E-state index in [0.717, 1.165) is 33.8 Å². The molecule has 0 aromatic heterocycles. The van der Waals surface area contributed by atoms with Crippen molar-refractivity contribution in [2.45, 2.75) is 39.7 Å². The lowest BCUT2D eigenvalue weighted by Crippen LogP contribution is -2.25. The number of methoxy groups -OCH3 is 1. The molecular weight excluding hydrogens is 354 g/mol. The van der Waals surface area contributed by atoms with Crippen molar-refractivity contribution in [1.29, 1.82) is 0 Å². The molecule has 1 aliphatic rings. The van der Waals surface area contributed by atoms with Gasteiger partial charge in [-0.15, -0.1) is 0 Å². The van der Waals surface area contributed by atoms with Crippen LogP contribution in [-0.2, 0) is 4.79 Å². The summed E-state index contributed by atoms with van der Waals surface area (Å²) in [5, 5.41) is 3.04. The minimum Gasteiger partial charge on any atom is -0.496 e. The van der Waals surface area contributed by atoms with Gasteiger partial charge in [0, 0.05) is 6.08 Å². The van der Waals surface area contributed by atoms with E-state index in [9.17, 15) is 4.79 Å². The van der Waals surface area contributed by atoms with Gasteiger partial charge in [-0.05, 0) is 72.4 Å². The minimum atomic E-state index is -0.147. The van der Waals surface area contributed by atoms with E-state index in [4.69, 9.17) is 14.2 Å². The fourth-order valence-electron chi connectivity index (χ4n) is 3.34. The summed E-state index contributed by atoms with van der Waals surface area (Å²) in [5.41, 5.74) is 4.21. The molecule has 148 valence electrons. The van der Waals surface area contributed by atoms with Gasteiger partial charge in [-0.1, -0.05) is 19.9 Å². The highest BCUT2D eigenvalue weighted by molar-refractivity contribution is 5.92. The zero-order chi connectivity index (χ0) is 20.3. The number of aryl methyl sites for hydroxylation is 1. The number of carbonyl (C=O) groups is 1. The van der Waals surface area contributed by atoms with E-state index >= 15 is 0 Å². The Kier molecular flexibility index (Phi) is 5.93. The van der Waals surface area contributed by atoms with E-state index in [1.165, 1.54) is 6.08 Å². The lowest BCUT2D eigenvalue weighted by molar-refractivity contribution is -0.117. The summed E-state index contributed by atoms with van der Waals surface area (Å²) in [6.07, 6.45) is 3.31. The van der Waals surface area contributed by atoms with Gasteiger partial charge in [0.25, 0.3) is 0 Å². The average Bonchev–Trinajstić information content (AvgIpc) is 3.13. The predicted octanol–water partition coefficient (Wildman–Crippen LogP) is 4.75. The summed E-state index contributed by atoms with van der Waals surface area (Å²) in [7, 11) is 1.69. The van der Waals surface area contributed by atoms with Crippen molar-refractivity contribution < 1.29 is 19.0 Å². The van der Waals surface area contributed by atoms with E-state index in [-0.39, 0.29) is 18.7 Å². The molecule has 5 heteroatoms. The largest absolute Gasteiger partial charge is 0.496 e. The Hall–Kier alpha value is -2.95. The molecule has 1 N–H and O–H groups in total. The van der Waals surface area contributed by atoms with Gasteiger partial charge in [0.1, 0.15) is 5.75 Å². The molecule has 0 aliphatic carbocycles. The number of fused-ring (bicyclic) bond motifs is 1. The highest BCUT2D eigenvalue weighted by Crippen LogP contribution is 2.33. The van der Waals surface area contributed by atoms with Crippen molar-refractivity contribution >= 4 is 12.0 Å². The normalized spacial score (nSPS) is 13.8. The van der Waals surface area contributed by atoms with Crippen molar-refractivity contribution in [3.8, 4) is 17.2 Å². The molecule has 2 aromatic carbocycles. The molecule has 28 heavy (non-hydrogen) atoms. The van der Waals surface area contributed by atoms with Gasteiger partial charge in [0.2, 0.25) is 12.7 Å². The first-order chi connectivity index (χ1) is 13.4. The molecule has 5 nitrogen and oxygen atoms in total. The van der Waals surface area contributed by atoms with Crippen molar-refractivity contribution in [1.82, 2.24) is 5.32 Å². The SMILES string of the molecule is COc1cc(C)c([C@@H](C)NC(=O)/C=C/c2ccc3c(c2)OCO3)cc1C(C)C. The molecule has 0 saturated heterocycles. The van der Waals surface area contributed by atoms with Crippen LogP contribution in [0.5, 0.6) is 17.2 Å². The van der Waals surface area contributed by atoms with Crippen LogP contribution >= 0.6 is 0 Å². The lowest BCUT2D eigenvalue weighted by Gasteiger charge is -2.20. The van der Waals surface area contributed by atoms with E-state index < -0.39 is 0 Å². The molecule has 0 unspecified atom stereocenters. The van der Waals surface area contributed by atoms with Crippen molar-refractivity contribution in [3.05, 3.63) is 58.7 Å². The molecule has 0 radical (unpaired) electrons. The van der Waals surface area contributed by atoms with Crippen LogP contribution in [0, 0.1) is 6.92 Å². The van der Waals surface area contributed by atoms with Gasteiger partial charge in [-0.3, -0.25) is 4.79 Å². The molecule has 0 saturated carbocycles. The van der Waals surface area contributed by atoms with Gasteiger partial charge < -0.3 is 19.5 Å². The molecule has 1 aliphatic heterocycles. The maximum atomic E-state index is 12.4. The molecule has 2 aromatic rings. The molecule has 0 spiro atoms. The first kappa shape index (κ1) is 19.8. The average molecular weight is 381 g/mol. The highest BCUT2D eigenvalue weighted by atomic mass is 16.7. The zero-order valence-electron chi connectivity index (χ0n) is 17.0. The summed E-state index contributed by atoms with van der Waals surface area (Å²) in [4.78, 5) is 12.4. The van der Waals surface area contributed by atoms with Crippen LogP contribution in [0.4, 0.5) is 0 Å². The number of hydrogen-bond acceptors (Lipinski definition) is 4. The summed E-state index contributed by atoms with van der Waals surface area (Å²) in [5.74, 6) is 2.50. The third kappa shape index (κ3) is 4.30. The maximum absolute atomic E-state index is 12.4. The maximum Gasteiger partial charge on any atom is 0.244 e. The van der Waals surface area contributed by atoms with E-state index in [2.05, 4.69) is 25.2 Å². The van der Waals surface area contributed by atoms with Crippen LogP contribution in [0.15, 0.2) is 36.4 Å². The predicted molar refractivity (Wildman–Crippen MR) is 110 cm³/mol. The van der Waals surface area contributed by atoms with Crippen molar-refractivity contribution in [2.24, 2.45) is 0 Å². The standard InChI is InChI=1S/C23H27NO4/c1-14(2)18-12-19(15(3)10-21(18)26-5)16(4)24-23(25)9-7-17-6-8-20-22(11-17)28-13-27-20/h6-12,14,16H,13H2,1-5H3,(H,24,25)/b9-7+/t16-/m1/s1. The number of amides is 1. The second-order valence-electron chi connectivity index (χ2n) is 7.28. The number of benzene rings is 2. The topological polar surface area (TPSA) is 56.8 Å². The Morgan fingerprint density at radius 3 is 2.57 bits per heavy atom. The quantitative estimate of drug-likeness (QED) is 0.734. The van der Waals surface area contributed by atoms with Crippen LogP contribution in [0.3, 0.4) is 0 Å². The van der Waals surface area contributed by atoms with E-state index in [1.807, 2.05) is 38.1 Å². The smallest absolute Gasteiger partial charge is 0.244 e. The minimum absolute atomic E-state index is 0.114. The number of hydrogen-bond donors (Lipinski definition) is 1. The molecule has 0 fully saturated rings. The summed E-state index contributed by atoms with van der Waals surface area (Å²) >= 11 is 0. The number of ether oxygens (including phenoxy) is 3. The second-order valence-corrected chi connectivity index (χ2v) is 7.28. The molecular formula is C23H27NO4. The monoisotopic (exact) mass is 381 g/mol. The van der Waals surface area contributed by atoms with Crippen LogP contribution in [0.2, 0.25) is 0 Å². The van der Waals surface area contributed by atoms with Crippen LogP contribution in [0.25, 0.3) is 6.08 Å². The number of carbonyl (C=O) groups excluding carboxylic acids is 1. The van der Waals surface area contributed by atoms with Crippen LogP contribution in [-0.4, -0.2) is 19.8 Å². The first-order valence-corrected chi connectivity index (χ1v) is 9.45. The summed E-state index contributed by atoms with van der Waals surface area (Å²) in [6, 6.07) is 9.65. The van der Waals surface area contributed by atoms with Gasteiger partial charge in [0.15, 0.2) is 11.5 Å². The molecule has 0 bridgehead atoms. The zero-order valence-corrected chi connectivity index (χ0v) is 17.0. The Bertz CT molecular complexity index is 902. The summed E-state index contributed by atoms with van der Waals surface area (Å²) in [6.45, 7) is 8.53. The van der Waals surface area contributed by atoms with Gasteiger partial charge in [-0.25, -0.2) is 0 Å². The molecule has 3 rings (SSSR count). The molecule has 1 amide bonds. The highest BCUT2D eigenvalue weighted by Gasteiger charge is 2.16. The molecule has 1 heterocycles. The van der Waals surface area contributed by atoms with E-state index in [1.54, 1.807) is 13.2 Å². The van der Waals surface area contributed by atoms with Gasteiger partial charge in [-0.2, -0.15) is 0 Å². The fraction of sp³-hybridized carbons (Fsp3) is 0.348. The fourth-order valence-corrected chi connectivity index (χ4v) is 3.34. The van der Waals surface area contributed by atoms with Crippen LogP contribution in [0.1, 0.15) is 55.0 Å². The Morgan fingerprint density at radius 2 is 1.86 bits per heavy atom. The lowest BCUT2D eigenvalue weighted by atomic mass is 9.93. The van der Waals surface area contributed by atoms with Crippen molar-refractivity contribution in [2.75, 3.05) is 13.9 Å². The Morgan fingerprint density at radius 1 is 1.11 bits per heavy atom. The first-order valence-electron chi connectivity index (χ1n) is 9.45. The van der Waals surface area contributed by atoms with Crippen LogP contribution < -0.4 is 19.5 Å². The summed E-state index contributed by atoms with van der Waals surface area (Å²) < 4.78 is 16.2. The van der Waals surface area contributed by atoms with Crippen molar-refractivity contribution in [3.63, 3.8) is 0 Å². The molecule has 1 atom stereocenters. The number of nitrogens with one attached hydrogen (secondary N) is 1. The second kappa shape index (κ2) is 8.38. The number of rotatable bonds is 6. The Balaban J connectivity index is 1.71. The van der Waals surface area contributed by atoms with Gasteiger partial charge >= 0.3 is 0 Å². The third-order valence-corrected chi connectivity index (χ3v) is 4.89.